The molecule has 0 aromatic carbocycles. The lowest BCUT2D eigenvalue weighted by molar-refractivity contribution is -0.148. The molecule has 1 N–H and O–H groups in total. The first-order chi connectivity index (χ1) is 14.6. The quantitative estimate of drug-likeness (QED) is 0.483. The lowest BCUT2D eigenvalue weighted by Crippen LogP contribution is -2.56. The molecule has 5 aliphatic rings. The Morgan fingerprint density at radius 1 is 1.03 bits per heavy atom. The summed E-state index contributed by atoms with van der Waals surface area (Å²) in [5, 5.41) is 10.8. The zero-order chi connectivity index (χ0) is 22.2. The number of aliphatic hydroxyl groups excluding tert-OH is 1. The Hall–Kier alpha value is -0.630. The standard InChI is InChI=1S/C29H46O2/c1-18(2)7-6-8-19(3)21-10-11-22-20-9-12-24-27(4,14-13-25(30)29(24)15-16-29)23(20)17-26(31)28(21,22)5/h12,18-23,25,30H,6-11,13-17H2,1-5H3/t19-,20+,21-,22+,23+,25+,27-,28-/m1/s1. The predicted octanol–water partition coefficient (Wildman–Crippen LogP) is 6.96. The Morgan fingerprint density at radius 2 is 1.77 bits per heavy atom. The van der Waals surface area contributed by atoms with Crippen LogP contribution in [0.5, 0.6) is 0 Å². The summed E-state index contributed by atoms with van der Waals surface area (Å²) in [6, 6.07) is 0. The van der Waals surface area contributed by atoms with Gasteiger partial charge in [-0.15, -0.1) is 0 Å². The van der Waals surface area contributed by atoms with Crippen LogP contribution in [-0.4, -0.2) is 17.0 Å². The second-order valence-corrected chi connectivity index (χ2v) is 13.3. The highest BCUT2D eigenvalue weighted by Crippen LogP contribution is 2.72. The molecule has 0 saturated heterocycles. The van der Waals surface area contributed by atoms with Crippen molar-refractivity contribution in [1.29, 1.82) is 0 Å². The fraction of sp³-hybridized carbons (Fsp3) is 0.897. The molecule has 0 bridgehead atoms. The van der Waals surface area contributed by atoms with Gasteiger partial charge in [0.2, 0.25) is 0 Å². The van der Waals surface area contributed by atoms with Crippen LogP contribution in [0.4, 0.5) is 0 Å². The van der Waals surface area contributed by atoms with Crippen LogP contribution < -0.4 is 0 Å². The first-order valence-electron chi connectivity index (χ1n) is 13.6. The van der Waals surface area contributed by atoms with E-state index in [9.17, 15) is 9.90 Å². The Kier molecular flexibility index (Phi) is 5.32. The molecule has 2 heteroatoms. The maximum atomic E-state index is 13.9. The molecule has 4 fully saturated rings. The number of hydrogen-bond donors (Lipinski definition) is 1. The topological polar surface area (TPSA) is 37.3 Å². The summed E-state index contributed by atoms with van der Waals surface area (Å²) in [5.41, 5.74) is 1.71. The average molecular weight is 427 g/mol. The van der Waals surface area contributed by atoms with Crippen molar-refractivity contribution >= 4 is 5.78 Å². The molecular weight excluding hydrogens is 380 g/mol. The first-order valence-corrected chi connectivity index (χ1v) is 13.6. The van der Waals surface area contributed by atoms with Crippen molar-refractivity contribution in [2.45, 2.75) is 111 Å². The van der Waals surface area contributed by atoms with Crippen molar-refractivity contribution in [1.82, 2.24) is 0 Å². The fourth-order valence-electron chi connectivity index (χ4n) is 9.52. The SMILES string of the molecule is CC(C)CCC[C@@H](C)[C@H]1CC[C@H]2[C@@H]3CC=C4C5(CC5)[C@@H](O)CC[C@]4(C)[C@H]3CC(=O)[C@]12C. The third-order valence-electron chi connectivity index (χ3n) is 11.4. The third-order valence-corrected chi connectivity index (χ3v) is 11.4. The van der Waals surface area contributed by atoms with E-state index in [4.69, 9.17) is 0 Å². The second-order valence-electron chi connectivity index (χ2n) is 13.3. The monoisotopic (exact) mass is 426 g/mol. The van der Waals surface area contributed by atoms with E-state index >= 15 is 0 Å². The zero-order valence-electron chi connectivity index (χ0n) is 20.8. The largest absolute Gasteiger partial charge is 0.392 e. The van der Waals surface area contributed by atoms with Crippen LogP contribution in [-0.2, 0) is 4.79 Å². The van der Waals surface area contributed by atoms with Crippen molar-refractivity contribution < 1.29 is 9.90 Å². The molecule has 174 valence electrons. The van der Waals surface area contributed by atoms with Gasteiger partial charge in [0, 0.05) is 17.3 Å². The molecule has 0 aliphatic heterocycles. The summed E-state index contributed by atoms with van der Waals surface area (Å²) < 4.78 is 0. The van der Waals surface area contributed by atoms with E-state index in [0.29, 0.717) is 35.4 Å². The van der Waals surface area contributed by atoms with Gasteiger partial charge in [0.1, 0.15) is 5.78 Å². The summed E-state index contributed by atoms with van der Waals surface area (Å²) in [4.78, 5) is 13.9. The molecule has 2 nitrogen and oxygen atoms in total. The molecule has 0 radical (unpaired) electrons. The van der Waals surface area contributed by atoms with E-state index in [1.165, 1.54) is 32.1 Å². The normalized spacial score (nSPS) is 46.4. The summed E-state index contributed by atoms with van der Waals surface area (Å²) in [7, 11) is 0. The lowest BCUT2D eigenvalue weighted by Gasteiger charge is -2.59. The molecule has 0 aromatic heterocycles. The number of carbonyl (C=O) groups excluding carboxylic acids is 1. The van der Waals surface area contributed by atoms with E-state index < -0.39 is 0 Å². The lowest BCUT2D eigenvalue weighted by atomic mass is 9.45. The van der Waals surface area contributed by atoms with Crippen molar-refractivity contribution in [3.05, 3.63) is 11.6 Å². The van der Waals surface area contributed by atoms with Crippen LogP contribution in [0.3, 0.4) is 0 Å². The molecule has 1 spiro atoms. The van der Waals surface area contributed by atoms with E-state index in [0.717, 1.165) is 44.4 Å². The molecule has 8 atom stereocenters. The van der Waals surface area contributed by atoms with Crippen LogP contribution in [0.1, 0.15) is 105 Å². The minimum absolute atomic E-state index is 0.0882. The number of aliphatic hydroxyl groups is 1. The molecule has 5 rings (SSSR count). The number of rotatable bonds is 5. The number of hydrogen-bond acceptors (Lipinski definition) is 2. The number of fused-ring (bicyclic) bond motifs is 6. The highest BCUT2D eigenvalue weighted by Gasteiger charge is 2.67. The van der Waals surface area contributed by atoms with Crippen molar-refractivity contribution in [3.63, 3.8) is 0 Å². The Balaban J connectivity index is 1.40. The maximum Gasteiger partial charge on any atom is 0.139 e. The first kappa shape index (κ1) is 22.2. The van der Waals surface area contributed by atoms with Gasteiger partial charge < -0.3 is 5.11 Å². The molecule has 0 unspecified atom stereocenters. The van der Waals surface area contributed by atoms with Crippen molar-refractivity contribution in [2.75, 3.05) is 0 Å². The Labute approximate surface area is 190 Å². The van der Waals surface area contributed by atoms with Gasteiger partial charge in [0.05, 0.1) is 6.10 Å². The van der Waals surface area contributed by atoms with Crippen molar-refractivity contribution in [2.24, 2.45) is 51.8 Å². The highest BCUT2D eigenvalue weighted by atomic mass is 16.3. The fourth-order valence-corrected chi connectivity index (χ4v) is 9.52. The number of ketones is 1. The summed E-state index contributed by atoms with van der Waals surface area (Å²) in [5.74, 6) is 4.39. The van der Waals surface area contributed by atoms with Gasteiger partial charge in [-0.25, -0.2) is 0 Å². The van der Waals surface area contributed by atoms with Gasteiger partial charge in [-0.05, 0) is 85.9 Å². The van der Waals surface area contributed by atoms with Crippen LogP contribution in [0.2, 0.25) is 0 Å². The van der Waals surface area contributed by atoms with E-state index in [2.05, 4.69) is 40.7 Å². The van der Waals surface area contributed by atoms with Gasteiger partial charge in [-0.1, -0.05) is 65.5 Å². The number of allylic oxidation sites excluding steroid dienone is 1. The van der Waals surface area contributed by atoms with E-state index in [1.54, 1.807) is 5.57 Å². The smallest absolute Gasteiger partial charge is 0.139 e. The Morgan fingerprint density at radius 3 is 2.45 bits per heavy atom. The van der Waals surface area contributed by atoms with Crippen molar-refractivity contribution in [3.8, 4) is 0 Å². The van der Waals surface area contributed by atoms with Gasteiger partial charge >= 0.3 is 0 Å². The molecule has 0 heterocycles. The van der Waals surface area contributed by atoms with E-state index in [-0.39, 0.29) is 22.3 Å². The van der Waals surface area contributed by atoms with Gasteiger partial charge in [-0.2, -0.15) is 0 Å². The van der Waals surface area contributed by atoms with Gasteiger partial charge in [-0.3, -0.25) is 4.79 Å². The van der Waals surface area contributed by atoms with Crippen LogP contribution >= 0.6 is 0 Å². The minimum Gasteiger partial charge on any atom is -0.392 e. The second kappa shape index (κ2) is 7.44. The van der Waals surface area contributed by atoms with Gasteiger partial charge in [0.15, 0.2) is 0 Å². The summed E-state index contributed by atoms with van der Waals surface area (Å²) >= 11 is 0. The molecule has 31 heavy (non-hydrogen) atoms. The molecular formula is C29H46O2. The maximum absolute atomic E-state index is 13.9. The molecule has 5 aliphatic carbocycles. The summed E-state index contributed by atoms with van der Waals surface area (Å²) in [6.07, 6.45) is 15.2. The molecule has 4 saturated carbocycles. The zero-order valence-corrected chi connectivity index (χ0v) is 20.8. The van der Waals surface area contributed by atoms with Crippen LogP contribution in [0, 0.1) is 51.8 Å². The Bertz CT molecular complexity index is 761. The van der Waals surface area contributed by atoms with Gasteiger partial charge in [0.25, 0.3) is 0 Å². The van der Waals surface area contributed by atoms with Crippen LogP contribution in [0.25, 0.3) is 0 Å². The number of Topliss-reactive ketones (excluding diaryl/α,β-unsaturated/α-hetero) is 1. The minimum atomic E-state index is -0.143. The van der Waals surface area contributed by atoms with Crippen LogP contribution in [0.15, 0.2) is 11.6 Å². The highest BCUT2D eigenvalue weighted by molar-refractivity contribution is 5.87. The predicted molar refractivity (Wildman–Crippen MR) is 126 cm³/mol. The third kappa shape index (κ3) is 3.09. The number of carbonyl (C=O) groups is 1. The molecule has 0 aromatic rings. The summed E-state index contributed by atoms with van der Waals surface area (Å²) in [6.45, 7) is 11.9. The average Bonchev–Trinajstić information content (AvgIpc) is 3.42. The van der Waals surface area contributed by atoms with E-state index in [1.807, 2.05) is 0 Å². The molecule has 0 amide bonds.